The van der Waals surface area contributed by atoms with E-state index in [0.717, 1.165) is 0 Å². The molecule has 18 heavy (non-hydrogen) atoms. The van der Waals surface area contributed by atoms with Gasteiger partial charge in [0.1, 0.15) is 17.8 Å². The molecular formula is C13H24O5. The lowest BCUT2D eigenvalue weighted by molar-refractivity contribution is -0.161. The lowest BCUT2D eigenvalue weighted by Gasteiger charge is -2.20. The summed E-state index contributed by atoms with van der Waals surface area (Å²) in [5, 5.41) is 0. The van der Waals surface area contributed by atoms with Crippen LogP contribution in [-0.4, -0.2) is 36.9 Å². The van der Waals surface area contributed by atoms with E-state index in [9.17, 15) is 9.59 Å². The molecule has 0 fully saturated rings. The Morgan fingerprint density at radius 2 is 1.56 bits per heavy atom. The van der Waals surface area contributed by atoms with Crippen LogP contribution in [0.5, 0.6) is 0 Å². The maximum atomic E-state index is 11.6. The highest BCUT2D eigenvalue weighted by atomic mass is 16.7. The summed E-state index contributed by atoms with van der Waals surface area (Å²) in [5.41, 5.74) is -0.573. The Hall–Kier alpha value is -0.940. The molecule has 0 aliphatic heterocycles. The van der Waals surface area contributed by atoms with Crippen molar-refractivity contribution in [1.82, 2.24) is 0 Å². The summed E-state index contributed by atoms with van der Waals surface area (Å²) < 4.78 is 15.5. The molecule has 0 spiro atoms. The van der Waals surface area contributed by atoms with E-state index >= 15 is 0 Å². The second-order valence-electron chi connectivity index (χ2n) is 4.85. The predicted octanol–water partition coefficient (Wildman–Crippen LogP) is 2.08. The highest BCUT2D eigenvalue weighted by Crippen LogP contribution is 2.10. The van der Waals surface area contributed by atoms with Gasteiger partial charge in [-0.15, -0.1) is 0 Å². The molecule has 0 aromatic carbocycles. The molecule has 0 saturated carbocycles. The van der Waals surface area contributed by atoms with Crippen LogP contribution in [0.4, 0.5) is 0 Å². The number of hydrogen-bond acceptors (Lipinski definition) is 5. The number of carbonyl (C=O) groups is 2. The third-order valence-electron chi connectivity index (χ3n) is 1.86. The van der Waals surface area contributed by atoms with Gasteiger partial charge in [0, 0.05) is 13.2 Å². The first-order valence-corrected chi connectivity index (χ1v) is 6.25. The number of Topliss-reactive ketones (excluding diaryl/α,β-unsaturated/α-hetero) is 1. The first-order valence-electron chi connectivity index (χ1n) is 6.25. The Labute approximate surface area is 109 Å². The van der Waals surface area contributed by atoms with Crippen LogP contribution in [0.15, 0.2) is 0 Å². The lowest BCUT2D eigenvalue weighted by Crippen LogP contribution is -2.27. The first kappa shape index (κ1) is 17.1. The highest BCUT2D eigenvalue weighted by molar-refractivity contribution is 5.95. The number of carbonyl (C=O) groups excluding carboxylic acids is 2. The van der Waals surface area contributed by atoms with Gasteiger partial charge in [0.2, 0.25) is 0 Å². The zero-order valence-corrected chi connectivity index (χ0v) is 11.9. The Morgan fingerprint density at radius 1 is 1.06 bits per heavy atom. The summed E-state index contributed by atoms with van der Waals surface area (Å²) in [4.78, 5) is 23.1. The van der Waals surface area contributed by atoms with Crippen molar-refractivity contribution in [3.05, 3.63) is 0 Å². The van der Waals surface area contributed by atoms with Gasteiger partial charge < -0.3 is 14.2 Å². The molecule has 0 aromatic heterocycles. The molecule has 0 aromatic rings. The van der Waals surface area contributed by atoms with Crippen LogP contribution in [0.1, 0.15) is 47.5 Å². The molecule has 0 N–H and O–H groups in total. The van der Waals surface area contributed by atoms with Crippen molar-refractivity contribution in [1.29, 1.82) is 0 Å². The first-order chi connectivity index (χ1) is 8.28. The van der Waals surface area contributed by atoms with E-state index in [-0.39, 0.29) is 18.6 Å². The SMILES string of the molecule is CCOC(CC(=O)CC(=O)OC(C)(C)C)OCC. The fourth-order valence-corrected chi connectivity index (χ4v) is 1.33. The van der Waals surface area contributed by atoms with Gasteiger partial charge in [-0.1, -0.05) is 0 Å². The van der Waals surface area contributed by atoms with Gasteiger partial charge in [0.05, 0.1) is 6.42 Å². The van der Waals surface area contributed by atoms with Crippen molar-refractivity contribution in [3.8, 4) is 0 Å². The largest absolute Gasteiger partial charge is 0.460 e. The van der Waals surface area contributed by atoms with Gasteiger partial charge in [-0.25, -0.2) is 0 Å². The van der Waals surface area contributed by atoms with Crippen LogP contribution in [0.2, 0.25) is 0 Å². The van der Waals surface area contributed by atoms with Crippen molar-refractivity contribution >= 4 is 11.8 Å². The van der Waals surface area contributed by atoms with E-state index in [1.54, 1.807) is 20.8 Å². The number of esters is 1. The molecule has 0 aliphatic carbocycles. The molecule has 0 unspecified atom stereocenters. The lowest BCUT2D eigenvalue weighted by atomic mass is 10.1. The van der Waals surface area contributed by atoms with Gasteiger partial charge >= 0.3 is 5.97 Å². The molecule has 0 bridgehead atoms. The Morgan fingerprint density at radius 3 is 1.94 bits per heavy atom. The van der Waals surface area contributed by atoms with Crippen LogP contribution in [0.25, 0.3) is 0 Å². The molecule has 106 valence electrons. The molecule has 5 nitrogen and oxygen atoms in total. The van der Waals surface area contributed by atoms with Crippen molar-refractivity contribution in [2.24, 2.45) is 0 Å². The van der Waals surface area contributed by atoms with Gasteiger partial charge in [0.25, 0.3) is 0 Å². The summed E-state index contributed by atoms with van der Waals surface area (Å²) in [6.45, 7) is 9.86. The van der Waals surface area contributed by atoms with Crippen molar-refractivity contribution in [2.45, 2.75) is 59.4 Å². The summed E-state index contributed by atoms with van der Waals surface area (Å²) in [5.74, 6) is -0.754. The summed E-state index contributed by atoms with van der Waals surface area (Å²) in [6, 6.07) is 0. The fraction of sp³-hybridized carbons (Fsp3) is 0.846. The van der Waals surface area contributed by atoms with Crippen LogP contribution < -0.4 is 0 Å². The number of ketones is 1. The van der Waals surface area contributed by atoms with Crippen LogP contribution in [-0.2, 0) is 23.8 Å². The average Bonchev–Trinajstić information content (AvgIpc) is 2.14. The van der Waals surface area contributed by atoms with Crippen molar-refractivity contribution in [2.75, 3.05) is 13.2 Å². The van der Waals surface area contributed by atoms with Crippen LogP contribution in [0, 0.1) is 0 Å². The monoisotopic (exact) mass is 260 g/mol. The van der Waals surface area contributed by atoms with Crippen molar-refractivity contribution < 1.29 is 23.8 Å². The Kier molecular flexibility index (Phi) is 7.78. The maximum absolute atomic E-state index is 11.6. The highest BCUT2D eigenvalue weighted by Gasteiger charge is 2.21. The minimum Gasteiger partial charge on any atom is -0.460 e. The summed E-state index contributed by atoms with van der Waals surface area (Å²) >= 11 is 0. The molecule has 0 heterocycles. The summed E-state index contributed by atoms with van der Waals surface area (Å²) in [6.07, 6.45) is -0.746. The third-order valence-corrected chi connectivity index (χ3v) is 1.86. The summed E-state index contributed by atoms with van der Waals surface area (Å²) in [7, 11) is 0. The van der Waals surface area contributed by atoms with E-state index in [1.807, 2.05) is 13.8 Å². The van der Waals surface area contributed by atoms with Gasteiger partial charge in [-0.3, -0.25) is 9.59 Å². The van der Waals surface area contributed by atoms with Gasteiger partial charge in [-0.05, 0) is 34.6 Å². The molecule has 0 atom stereocenters. The quantitative estimate of drug-likeness (QED) is 0.380. The van der Waals surface area contributed by atoms with Crippen LogP contribution in [0.3, 0.4) is 0 Å². The topological polar surface area (TPSA) is 61.8 Å². The van der Waals surface area contributed by atoms with E-state index in [2.05, 4.69) is 0 Å². The second-order valence-corrected chi connectivity index (χ2v) is 4.85. The third kappa shape index (κ3) is 9.13. The molecule has 0 amide bonds. The molecule has 0 rings (SSSR count). The van der Waals surface area contributed by atoms with E-state index in [0.29, 0.717) is 13.2 Å². The van der Waals surface area contributed by atoms with Crippen LogP contribution >= 0.6 is 0 Å². The fourth-order valence-electron chi connectivity index (χ4n) is 1.33. The minimum atomic E-state index is -0.574. The second kappa shape index (κ2) is 8.21. The molecule has 0 saturated heterocycles. The normalized spacial score (nSPS) is 11.7. The smallest absolute Gasteiger partial charge is 0.313 e. The van der Waals surface area contributed by atoms with Gasteiger partial charge in [0.15, 0.2) is 6.29 Å². The number of ether oxygens (including phenoxy) is 3. The molecule has 5 heteroatoms. The zero-order chi connectivity index (χ0) is 14.2. The predicted molar refractivity (Wildman–Crippen MR) is 67.1 cm³/mol. The molecular weight excluding hydrogens is 236 g/mol. The number of rotatable bonds is 8. The zero-order valence-electron chi connectivity index (χ0n) is 11.9. The number of hydrogen-bond donors (Lipinski definition) is 0. The van der Waals surface area contributed by atoms with Gasteiger partial charge in [-0.2, -0.15) is 0 Å². The van der Waals surface area contributed by atoms with E-state index < -0.39 is 17.9 Å². The average molecular weight is 260 g/mol. The standard InChI is InChI=1S/C13H24O5/c1-6-16-12(17-7-2)9-10(14)8-11(15)18-13(3,4)5/h12H,6-9H2,1-5H3. The van der Waals surface area contributed by atoms with Crippen molar-refractivity contribution in [3.63, 3.8) is 0 Å². The maximum Gasteiger partial charge on any atom is 0.313 e. The van der Waals surface area contributed by atoms with E-state index in [1.165, 1.54) is 0 Å². The minimum absolute atomic E-state index is 0.0704. The Balaban J connectivity index is 4.11. The van der Waals surface area contributed by atoms with E-state index in [4.69, 9.17) is 14.2 Å². The molecule has 0 aliphatic rings. The molecule has 0 radical (unpaired) electrons. The Bertz CT molecular complexity index is 261.